The van der Waals surface area contributed by atoms with E-state index in [1.54, 1.807) is 0 Å². The minimum absolute atomic E-state index is 0.0167. The highest BCUT2D eigenvalue weighted by atomic mass is 16.3. The molecule has 0 radical (unpaired) electrons. The molecule has 2 N–H and O–H groups in total. The predicted molar refractivity (Wildman–Crippen MR) is 70.2 cm³/mol. The average Bonchev–Trinajstić information content (AvgIpc) is 2.98. The van der Waals surface area contributed by atoms with Gasteiger partial charge in [0.2, 0.25) is 0 Å². The Morgan fingerprint density at radius 1 is 1.33 bits per heavy atom. The summed E-state index contributed by atoms with van der Waals surface area (Å²) < 4.78 is 2.14. The summed E-state index contributed by atoms with van der Waals surface area (Å²) in [5, 5.41) is 17.5. The maximum atomic E-state index is 9.40. The first-order chi connectivity index (χ1) is 8.81. The van der Waals surface area contributed by atoms with Gasteiger partial charge in [0.25, 0.3) is 0 Å². The third-order valence-electron chi connectivity index (χ3n) is 4.62. The normalized spacial score (nSPS) is 23.2. The lowest BCUT2D eigenvalue weighted by molar-refractivity contribution is 0.0868. The second-order valence-electron chi connectivity index (χ2n) is 5.87. The zero-order valence-electron chi connectivity index (χ0n) is 10.9. The lowest BCUT2D eigenvalue weighted by atomic mass is 9.77. The number of nitrogens with one attached hydrogen (secondary N) is 1. The van der Waals surface area contributed by atoms with Crippen molar-refractivity contribution in [1.82, 2.24) is 15.1 Å². The highest BCUT2D eigenvalue weighted by molar-refractivity contribution is 5.03. The summed E-state index contributed by atoms with van der Waals surface area (Å²) in [4.78, 5) is 0. The van der Waals surface area contributed by atoms with Crippen molar-refractivity contribution in [2.75, 3.05) is 6.61 Å². The van der Waals surface area contributed by atoms with E-state index in [4.69, 9.17) is 0 Å². The molecule has 3 rings (SSSR count). The maximum absolute atomic E-state index is 9.40. The van der Waals surface area contributed by atoms with Gasteiger partial charge in [-0.2, -0.15) is 5.10 Å². The molecule has 4 nitrogen and oxygen atoms in total. The van der Waals surface area contributed by atoms with Crippen molar-refractivity contribution in [2.24, 2.45) is 0 Å². The Morgan fingerprint density at radius 2 is 2.11 bits per heavy atom. The fourth-order valence-electron chi connectivity index (χ4n) is 3.12. The maximum Gasteiger partial charge on any atom is 0.0762 e. The van der Waals surface area contributed by atoms with Crippen molar-refractivity contribution in [2.45, 2.75) is 63.1 Å². The summed E-state index contributed by atoms with van der Waals surface area (Å²) in [6.45, 7) is 1.02. The van der Waals surface area contributed by atoms with Gasteiger partial charge >= 0.3 is 0 Å². The van der Waals surface area contributed by atoms with Crippen LogP contribution in [0.4, 0.5) is 0 Å². The summed E-state index contributed by atoms with van der Waals surface area (Å²) in [6.07, 6.45) is 10.7. The molecule has 2 saturated carbocycles. The van der Waals surface area contributed by atoms with Gasteiger partial charge in [-0.25, -0.2) is 0 Å². The van der Waals surface area contributed by atoms with E-state index in [-0.39, 0.29) is 12.1 Å². The SMILES string of the molecule is OCC1(NCc2ccn(C3CCCC3)n2)CCC1. The van der Waals surface area contributed by atoms with Crippen LogP contribution in [-0.4, -0.2) is 27.0 Å². The number of aromatic nitrogens is 2. The molecule has 0 aromatic carbocycles. The number of hydrogen-bond donors (Lipinski definition) is 2. The van der Waals surface area contributed by atoms with Gasteiger partial charge in [-0.15, -0.1) is 0 Å². The summed E-state index contributed by atoms with van der Waals surface area (Å²) in [5.74, 6) is 0. The number of aliphatic hydroxyl groups excluding tert-OH is 1. The van der Waals surface area contributed by atoms with E-state index in [0.717, 1.165) is 25.1 Å². The molecule has 0 bridgehead atoms. The Kier molecular flexibility index (Phi) is 3.39. The van der Waals surface area contributed by atoms with E-state index in [1.807, 2.05) is 0 Å². The van der Waals surface area contributed by atoms with Gasteiger partial charge in [0, 0.05) is 18.3 Å². The zero-order valence-corrected chi connectivity index (χ0v) is 10.9. The van der Waals surface area contributed by atoms with Crippen molar-refractivity contribution in [3.05, 3.63) is 18.0 Å². The van der Waals surface area contributed by atoms with E-state index in [9.17, 15) is 5.11 Å². The Bertz CT molecular complexity index is 386. The molecule has 0 atom stereocenters. The third kappa shape index (κ3) is 2.31. The molecule has 1 heterocycles. The molecule has 2 aliphatic carbocycles. The van der Waals surface area contributed by atoms with Crippen LogP contribution in [-0.2, 0) is 6.54 Å². The van der Waals surface area contributed by atoms with Crippen LogP contribution < -0.4 is 5.32 Å². The summed E-state index contributed by atoms with van der Waals surface area (Å²) >= 11 is 0. The van der Waals surface area contributed by atoms with Gasteiger partial charge in [0.05, 0.1) is 18.3 Å². The van der Waals surface area contributed by atoms with E-state index in [1.165, 1.54) is 32.1 Å². The number of aliphatic hydroxyl groups is 1. The standard InChI is InChI=1S/C14H23N3O/c18-11-14(7-3-8-14)15-10-12-6-9-17(16-12)13-4-1-2-5-13/h6,9,13,15,18H,1-5,7-8,10-11H2. The highest BCUT2D eigenvalue weighted by Gasteiger charge is 2.35. The molecule has 0 saturated heterocycles. The molecule has 4 heteroatoms. The van der Waals surface area contributed by atoms with Crippen molar-refractivity contribution >= 4 is 0 Å². The Hall–Kier alpha value is -0.870. The van der Waals surface area contributed by atoms with Gasteiger partial charge in [-0.1, -0.05) is 12.8 Å². The molecule has 2 aliphatic rings. The quantitative estimate of drug-likeness (QED) is 0.839. The molecule has 1 aromatic heterocycles. The van der Waals surface area contributed by atoms with Gasteiger partial charge in [0.1, 0.15) is 0 Å². The van der Waals surface area contributed by atoms with Crippen molar-refractivity contribution in [3.63, 3.8) is 0 Å². The lowest BCUT2D eigenvalue weighted by Crippen LogP contribution is -2.53. The first-order valence-electron chi connectivity index (χ1n) is 7.21. The number of hydrogen-bond acceptors (Lipinski definition) is 3. The van der Waals surface area contributed by atoms with Gasteiger partial charge in [-0.05, 0) is 38.2 Å². The van der Waals surface area contributed by atoms with Crippen molar-refractivity contribution < 1.29 is 5.11 Å². The van der Waals surface area contributed by atoms with Gasteiger partial charge in [0.15, 0.2) is 0 Å². The van der Waals surface area contributed by atoms with E-state index < -0.39 is 0 Å². The van der Waals surface area contributed by atoms with Gasteiger partial charge < -0.3 is 10.4 Å². The van der Waals surface area contributed by atoms with Crippen LogP contribution in [0.25, 0.3) is 0 Å². The fourth-order valence-corrected chi connectivity index (χ4v) is 3.12. The lowest BCUT2D eigenvalue weighted by Gasteiger charge is -2.41. The second-order valence-corrected chi connectivity index (χ2v) is 5.87. The first-order valence-corrected chi connectivity index (χ1v) is 7.21. The zero-order chi connectivity index (χ0) is 12.4. The molecule has 100 valence electrons. The van der Waals surface area contributed by atoms with Crippen LogP contribution in [0.15, 0.2) is 12.3 Å². The molecular weight excluding hydrogens is 226 g/mol. The molecule has 1 aromatic rings. The van der Waals surface area contributed by atoms with Crippen LogP contribution in [0, 0.1) is 0 Å². The Balaban J connectivity index is 1.56. The van der Waals surface area contributed by atoms with Crippen LogP contribution in [0.3, 0.4) is 0 Å². The van der Waals surface area contributed by atoms with Crippen LogP contribution in [0.1, 0.15) is 56.7 Å². The average molecular weight is 249 g/mol. The molecule has 0 unspecified atom stereocenters. The summed E-state index contributed by atoms with van der Waals surface area (Å²) in [7, 11) is 0. The predicted octanol–water partition coefficient (Wildman–Crippen LogP) is 2.00. The monoisotopic (exact) mass is 249 g/mol. The minimum atomic E-state index is -0.0167. The Morgan fingerprint density at radius 3 is 2.72 bits per heavy atom. The third-order valence-corrected chi connectivity index (χ3v) is 4.62. The second kappa shape index (κ2) is 5.02. The largest absolute Gasteiger partial charge is 0.394 e. The Labute approximate surface area is 108 Å². The molecule has 0 spiro atoms. The van der Waals surface area contributed by atoms with Crippen molar-refractivity contribution in [1.29, 1.82) is 0 Å². The molecule has 0 amide bonds. The molecule has 18 heavy (non-hydrogen) atoms. The number of nitrogens with zero attached hydrogens (tertiary/aromatic N) is 2. The summed E-state index contributed by atoms with van der Waals surface area (Å²) in [5.41, 5.74) is 1.08. The summed E-state index contributed by atoms with van der Waals surface area (Å²) in [6, 6.07) is 2.73. The highest BCUT2D eigenvalue weighted by Crippen LogP contribution is 2.32. The van der Waals surface area contributed by atoms with Gasteiger partial charge in [-0.3, -0.25) is 4.68 Å². The van der Waals surface area contributed by atoms with Crippen LogP contribution in [0.2, 0.25) is 0 Å². The molecule has 0 aliphatic heterocycles. The number of rotatable bonds is 5. The molecule has 2 fully saturated rings. The topological polar surface area (TPSA) is 50.1 Å². The smallest absolute Gasteiger partial charge is 0.0762 e. The van der Waals surface area contributed by atoms with Crippen LogP contribution >= 0.6 is 0 Å². The van der Waals surface area contributed by atoms with E-state index >= 15 is 0 Å². The minimum Gasteiger partial charge on any atom is -0.394 e. The fraction of sp³-hybridized carbons (Fsp3) is 0.786. The van der Waals surface area contributed by atoms with Crippen LogP contribution in [0.5, 0.6) is 0 Å². The first kappa shape index (κ1) is 12.2. The molecular formula is C14H23N3O. The van der Waals surface area contributed by atoms with Crippen molar-refractivity contribution in [3.8, 4) is 0 Å². The van der Waals surface area contributed by atoms with E-state index in [0.29, 0.717) is 6.04 Å². The van der Waals surface area contributed by atoms with E-state index in [2.05, 4.69) is 27.4 Å².